The summed E-state index contributed by atoms with van der Waals surface area (Å²) in [6.45, 7) is 4.57. The van der Waals surface area contributed by atoms with Gasteiger partial charge in [-0.05, 0) is 18.6 Å². The number of hydrogen-bond donors (Lipinski definition) is 2. The third-order valence-corrected chi connectivity index (χ3v) is 3.77. The lowest BCUT2D eigenvalue weighted by atomic mass is 10.1. The standard InChI is InChI=1S/C16H25N3O3/c1-2-3-4-14(12-20)18-13-5-6-17-15(11-13)16(21)19-7-9-22-10-8-19/h5-6,11,14,20H,2-4,7-10,12H2,1H3,(H,17,18). The topological polar surface area (TPSA) is 74.7 Å². The highest BCUT2D eigenvalue weighted by Crippen LogP contribution is 2.14. The number of anilines is 1. The van der Waals surface area contributed by atoms with E-state index in [4.69, 9.17) is 4.74 Å². The molecule has 1 saturated heterocycles. The van der Waals surface area contributed by atoms with Crippen LogP contribution in [0.3, 0.4) is 0 Å². The van der Waals surface area contributed by atoms with Crippen LogP contribution in [0.15, 0.2) is 18.3 Å². The average Bonchev–Trinajstić information content (AvgIpc) is 2.59. The average molecular weight is 307 g/mol. The van der Waals surface area contributed by atoms with E-state index in [1.807, 2.05) is 6.07 Å². The second-order valence-electron chi connectivity index (χ2n) is 5.50. The molecule has 0 saturated carbocycles. The number of nitrogens with one attached hydrogen (secondary N) is 1. The molecule has 0 aliphatic carbocycles. The molecule has 2 N–H and O–H groups in total. The fourth-order valence-electron chi connectivity index (χ4n) is 2.46. The number of aliphatic hydroxyl groups is 1. The molecule has 1 atom stereocenters. The van der Waals surface area contributed by atoms with Gasteiger partial charge in [0.15, 0.2) is 0 Å². The molecule has 1 unspecified atom stereocenters. The summed E-state index contributed by atoms with van der Waals surface area (Å²) in [5, 5.41) is 12.7. The molecule has 1 aliphatic rings. The van der Waals surface area contributed by atoms with Gasteiger partial charge in [-0.25, -0.2) is 0 Å². The third-order valence-electron chi connectivity index (χ3n) is 3.77. The van der Waals surface area contributed by atoms with E-state index in [-0.39, 0.29) is 18.6 Å². The van der Waals surface area contributed by atoms with Crippen molar-refractivity contribution < 1.29 is 14.6 Å². The molecule has 22 heavy (non-hydrogen) atoms. The maximum atomic E-state index is 12.4. The molecule has 0 aromatic carbocycles. The first kappa shape index (κ1) is 16.7. The summed E-state index contributed by atoms with van der Waals surface area (Å²) in [4.78, 5) is 18.3. The Bertz CT molecular complexity index is 475. The number of morpholine rings is 1. The molecular formula is C16H25N3O3. The molecule has 1 aromatic heterocycles. The summed E-state index contributed by atoms with van der Waals surface area (Å²) in [6.07, 6.45) is 4.69. The van der Waals surface area contributed by atoms with Gasteiger partial charge in [-0.2, -0.15) is 0 Å². The molecule has 122 valence electrons. The first-order valence-corrected chi connectivity index (χ1v) is 7.95. The Morgan fingerprint density at radius 1 is 1.50 bits per heavy atom. The number of rotatable bonds is 7. The maximum absolute atomic E-state index is 12.4. The number of carbonyl (C=O) groups is 1. The number of aromatic nitrogens is 1. The van der Waals surface area contributed by atoms with Crippen molar-refractivity contribution in [2.24, 2.45) is 0 Å². The minimum atomic E-state index is -0.0685. The van der Waals surface area contributed by atoms with E-state index in [0.29, 0.717) is 32.0 Å². The van der Waals surface area contributed by atoms with E-state index in [0.717, 1.165) is 24.9 Å². The van der Waals surface area contributed by atoms with Gasteiger partial charge < -0.3 is 20.1 Å². The zero-order valence-electron chi connectivity index (χ0n) is 13.1. The van der Waals surface area contributed by atoms with Crippen LogP contribution in [0.25, 0.3) is 0 Å². The van der Waals surface area contributed by atoms with Crippen molar-refractivity contribution in [1.29, 1.82) is 0 Å². The molecule has 1 amide bonds. The van der Waals surface area contributed by atoms with Crippen molar-refractivity contribution in [3.63, 3.8) is 0 Å². The Labute approximate surface area is 131 Å². The van der Waals surface area contributed by atoms with E-state index >= 15 is 0 Å². The summed E-state index contributed by atoms with van der Waals surface area (Å²) in [5.74, 6) is -0.0685. The molecule has 0 bridgehead atoms. The predicted molar refractivity (Wildman–Crippen MR) is 85.0 cm³/mol. The van der Waals surface area contributed by atoms with E-state index in [1.165, 1.54) is 0 Å². The highest BCUT2D eigenvalue weighted by atomic mass is 16.5. The molecule has 1 aromatic rings. The van der Waals surface area contributed by atoms with Gasteiger partial charge in [0.1, 0.15) is 5.69 Å². The van der Waals surface area contributed by atoms with Crippen LogP contribution in [-0.2, 0) is 4.74 Å². The van der Waals surface area contributed by atoms with E-state index < -0.39 is 0 Å². The number of aliphatic hydroxyl groups excluding tert-OH is 1. The molecule has 6 heteroatoms. The highest BCUT2D eigenvalue weighted by Gasteiger charge is 2.20. The van der Waals surface area contributed by atoms with Crippen LogP contribution in [0.1, 0.15) is 36.7 Å². The van der Waals surface area contributed by atoms with Gasteiger partial charge in [0.2, 0.25) is 0 Å². The lowest BCUT2D eigenvalue weighted by Crippen LogP contribution is -2.41. The molecular weight excluding hydrogens is 282 g/mol. The maximum Gasteiger partial charge on any atom is 0.272 e. The van der Waals surface area contributed by atoms with Crippen molar-refractivity contribution in [2.45, 2.75) is 32.2 Å². The normalized spacial score (nSPS) is 16.4. The number of hydrogen-bond acceptors (Lipinski definition) is 5. The minimum absolute atomic E-state index is 0.00805. The fourth-order valence-corrected chi connectivity index (χ4v) is 2.46. The van der Waals surface area contributed by atoms with Crippen LogP contribution in [0.2, 0.25) is 0 Å². The number of carbonyl (C=O) groups excluding carboxylic acids is 1. The Morgan fingerprint density at radius 3 is 2.95 bits per heavy atom. The van der Waals surface area contributed by atoms with Crippen molar-refractivity contribution >= 4 is 11.6 Å². The van der Waals surface area contributed by atoms with Crippen molar-refractivity contribution in [3.05, 3.63) is 24.0 Å². The fraction of sp³-hybridized carbons (Fsp3) is 0.625. The first-order valence-electron chi connectivity index (χ1n) is 7.95. The second-order valence-corrected chi connectivity index (χ2v) is 5.50. The number of ether oxygens (including phenoxy) is 1. The van der Waals surface area contributed by atoms with Crippen LogP contribution < -0.4 is 5.32 Å². The molecule has 1 aliphatic heterocycles. The molecule has 2 rings (SSSR count). The van der Waals surface area contributed by atoms with Crippen molar-refractivity contribution in [2.75, 3.05) is 38.2 Å². The van der Waals surface area contributed by atoms with Crippen LogP contribution in [-0.4, -0.2) is 59.8 Å². The Morgan fingerprint density at radius 2 is 2.27 bits per heavy atom. The molecule has 6 nitrogen and oxygen atoms in total. The summed E-state index contributed by atoms with van der Waals surface area (Å²) in [7, 11) is 0. The quantitative estimate of drug-likeness (QED) is 0.799. The first-order chi connectivity index (χ1) is 10.7. The van der Waals surface area contributed by atoms with Crippen LogP contribution in [0.4, 0.5) is 5.69 Å². The Hall–Kier alpha value is -1.66. The molecule has 0 spiro atoms. The van der Waals surface area contributed by atoms with Crippen LogP contribution in [0, 0.1) is 0 Å². The molecule has 2 heterocycles. The second kappa shape index (κ2) is 8.70. The SMILES string of the molecule is CCCCC(CO)Nc1ccnc(C(=O)N2CCOCC2)c1. The highest BCUT2D eigenvalue weighted by molar-refractivity contribution is 5.93. The van der Waals surface area contributed by atoms with Gasteiger partial charge in [0.25, 0.3) is 5.91 Å². The predicted octanol–water partition coefficient (Wildman–Crippen LogP) is 1.52. The summed E-state index contributed by atoms with van der Waals surface area (Å²) in [6, 6.07) is 3.59. The van der Waals surface area contributed by atoms with Crippen LogP contribution in [0.5, 0.6) is 0 Å². The van der Waals surface area contributed by atoms with Gasteiger partial charge >= 0.3 is 0 Å². The summed E-state index contributed by atoms with van der Waals surface area (Å²) >= 11 is 0. The lowest BCUT2D eigenvalue weighted by molar-refractivity contribution is 0.0299. The Balaban J connectivity index is 2.00. The van der Waals surface area contributed by atoms with Crippen molar-refractivity contribution in [3.8, 4) is 0 Å². The van der Waals surface area contributed by atoms with Gasteiger partial charge in [-0.15, -0.1) is 0 Å². The number of nitrogens with zero attached hydrogens (tertiary/aromatic N) is 2. The van der Waals surface area contributed by atoms with E-state index in [1.54, 1.807) is 17.2 Å². The monoisotopic (exact) mass is 307 g/mol. The van der Waals surface area contributed by atoms with Crippen molar-refractivity contribution in [1.82, 2.24) is 9.88 Å². The zero-order valence-corrected chi connectivity index (χ0v) is 13.1. The summed E-state index contributed by atoms with van der Waals surface area (Å²) < 4.78 is 5.26. The van der Waals surface area contributed by atoms with E-state index in [2.05, 4.69) is 17.2 Å². The van der Waals surface area contributed by atoms with Gasteiger partial charge in [0, 0.05) is 31.0 Å². The molecule has 1 fully saturated rings. The number of amides is 1. The third kappa shape index (κ3) is 4.68. The van der Waals surface area contributed by atoms with Gasteiger partial charge in [-0.1, -0.05) is 19.8 Å². The minimum Gasteiger partial charge on any atom is -0.394 e. The van der Waals surface area contributed by atoms with Gasteiger partial charge in [-0.3, -0.25) is 9.78 Å². The lowest BCUT2D eigenvalue weighted by Gasteiger charge is -2.26. The number of pyridine rings is 1. The summed E-state index contributed by atoms with van der Waals surface area (Å²) in [5.41, 5.74) is 1.25. The zero-order chi connectivity index (χ0) is 15.8. The number of unbranched alkanes of at least 4 members (excludes halogenated alkanes) is 1. The van der Waals surface area contributed by atoms with Crippen LogP contribution >= 0.6 is 0 Å². The largest absolute Gasteiger partial charge is 0.394 e. The Kier molecular flexibility index (Phi) is 6.61. The van der Waals surface area contributed by atoms with Gasteiger partial charge in [0.05, 0.1) is 19.8 Å². The van der Waals surface area contributed by atoms with E-state index in [9.17, 15) is 9.90 Å². The molecule has 0 radical (unpaired) electrons. The smallest absolute Gasteiger partial charge is 0.272 e.